The fraction of sp³-hybridized carbons (Fsp3) is 0.333. The number of phenols is 1. The number of benzene rings is 2. The van der Waals surface area contributed by atoms with Gasteiger partial charge >= 0.3 is 0 Å². The summed E-state index contributed by atoms with van der Waals surface area (Å²) < 4.78 is 32.1. The van der Waals surface area contributed by atoms with E-state index >= 15 is 0 Å². The third-order valence-electron chi connectivity index (χ3n) is 4.51. The van der Waals surface area contributed by atoms with E-state index < -0.39 is 10.1 Å². The maximum atomic E-state index is 10.9. The van der Waals surface area contributed by atoms with Gasteiger partial charge in [-0.25, -0.2) is 0 Å². The van der Waals surface area contributed by atoms with Crippen molar-refractivity contribution in [1.29, 1.82) is 0 Å². The Hall–Kier alpha value is -2.31. The molecule has 1 N–H and O–H groups in total. The number of allylic oxidation sites excluding steroid dienone is 1. The highest BCUT2D eigenvalue weighted by Gasteiger charge is 2.16. The van der Waals surface area contributed by atoms with Crippen molar-refractivity contribution in [3.8, 4) is 11.5 Å². The number of hydrogen-bond donors (Lipinski definition) is 1. The van der Waals surface area contributed by atoms with Crippen molar-refractivity contribution in [2.75, 3.05) is 19.5 Å². The van der Waals surface area contributed by atoms with Gasteiger partial charge in [-0.15, -0.1) is 0 Å². The van der Waals surface area contributed by atoms with Crippen LogP contribution in [-0.4, -0.2) is 33.0 Å². The van der Waals surface area contributed by atoms with Crippen LogP contribution in [0.4, 0.5) is 0 Å². The van der Waals surface area contributed by atoms with Crippen molar-refractivity contribution in [2.45, 2.75) is 25.7 Å². The summed E-state index contributed by atoms with van der Waals surface area (Å²) in [7, 11) is -3.44. The summed E-state index contributed by atoms with van der Waals surface area (Å²) in [6, 6.07) is 15.1. The molecule has 27 heavy (non-hydrogen) atoms. The van der Waals surface area contributed by atoms with Crippen LogP contribution in [0.25, 0.3) is 5.57 Å². The molecule has 1 aliphatic rings. The van der Waals surface area contributed by atoms with E-state index in [-0.39, 0.29) is 19.0 Å². The van der Waals surface area contributed by atoms with Crippen LogP contribution in [0.1, 0.15) is 36.8 Å². The molecule has 3 rings (SSSR count). The van der Waals surface area contributed by atoms with Gasteiger partial charge < -0.3 is 9.84 Å². The Morgan fingerprint density at radius 1 is 0.926 bits per heavy atom. The summed E-state index contributed by atoms with van der Waals surface area (Å²) >= 11 is 0. The number of phenolic OH excluding ortho intramolecular Hbond substituents is 1. The summed E-state index contributed by atoms with van der Waals surface area (Å²) in [4.78, 5) is 0. The van der Waals surface area contributed by atoms with Gasteiger partial charge in [0, 0.05) is 0 Å². The number of rotatable bonds is 7. The predicted octanol–water partition coefficient (Wildman–Crippen LogP) is 4.12. The van der Waals surface area contributed by atoms with E-state index in [4.69, 9.17) is 4.74 Å². The third kappa shape index (κ3) is 5.58. The topological polar surface area (TPSA) is 72.8 Å². The molecule has 144 valence electrons. The molecule has 1 fully saturated rings. The van der Waals surface area contributed by atoms with Gasteiger partial charge in [0.25, 0.3) is 10.1 Å². The molecule has 1 aliphatic carbocycles. The first-order valence-corrected chi connectivity index (χ1v) is 10.8. The molecule has 0 radical (unpaired) electrons. The minimum absolute atomic E-state index is 0.0105. The van der Waals surface area contributed by atoms with Gasteiger partial charge in [0.15, 0.2) is 0 Å². The number of aromatic hydroxyl groups is 1. The summed E-state index contributed by atoms with van der Waals surface area (Å²) in [5.74, 6) is 0.923. The molecule has 2 aromatic rings. The van der Waals surface area contributed by atoms with Crippen LogP contribution in [0.3, 0.4) is 0 Å². The van der Waals surface area contributed by atoms with Crippen molar-refractivity contribution in [3.05, 3.63) is 65.2 Å². The van der Waals surface area contributed by atoms with Crippen molar-refractivity contribution in [3.63, 3.8) is 0 Å². The first-order chi connectivity index (χ1) is 12.9. The summed E-state index contributed by atoms with van der Waals surface area (Å²) in [5, 5.41) is 9.58. The van der Waals surface area contributed by atoms with Crippen LogP contribution in [0.5, 0.6) is 11.5 Å². The van der Waals surface area contributed by atoms with E-state index in [2.05, 4.69) is 4.18 Å². The van der Waals surface area contributed by atoms with Gasteiger partial charge in [-0.1, -0.05) is 29.8 Å². The monoisotopic (exact) mass is 388 g/mol. The Morgan fingerprint density at radius 3 is 2.04 bits per heavy atom. The molecule has 0 heterocycles. The molecule has 0 amide bonds. The van der Waals surface area contributed by atoms with Crippen molar-refractivity contribution >= 4 is 15.7 Å². The second-order valence-electron chi connectivity index (χ2n) is 6.63. The minimum Gasteiger partial charge on any atom is -0.508 e. The Balaban J connectivity index is 1.76. The van der Waals surface area contributed by atoms with Crippen LogP contribution in [0, 0.1) is 0 Å². The predicted molar refractivity (Wildman–Crippen MR) is 105 cm³/mol. The van der Waals surface area contributed by atoms with E-state index in [1.165, 1.54) is 24.0 Å². The molecule has 1 saturated carbocycles. The lowest BCUT2D eigenvalue weighted by atomic mass is 9.92. The largest absolute Gasteiger partial charge is 0.508 e. The zero-order valence-electron chi connectivity index (χ0n) is 15.3. The molecular formula is C21H24O5S. The lowest BCUT2D eigenvalue weighted by molar-refractivity contribution is 0.222. The molecule has 0 aliphatic heterocycles. The highest BCUT2D eigenvalue weighted by atomic mass is 32.2. The standard InChI is InChI=1S/C21H24O5S/c1-27(23,24)26-15-14-25-20-12-8-18(9-13-20)21(16-4-2-3-5-16)17-6-10-19(22)11-7-17/h6-13,22H,2-5,14-15H2,1H3. The van der Waals surface area contributed by atoms with Crippen LogP contribution < -0.4 is 4.74 Å². The van der Waals surface area contributed by atoms with E-state index in [0.717, 1.165) is 30.2 Å². The van der Waals surface area contributed by atoms with Crippen molar-refractivity contribution < 1.29 is 22.4 Å². The van der Waals surface area contributed by atoms with E-state index in [0.29, 0.717) is 5.75 Å². The molecule has 0 spiro atoms. The lowest BCUT2D eigenvalue weighted by Crippen LogP contribution is -2.11. The molecule has 0 saturated heterocycles. The Bertz CT molecular complexity index is 889. The molecule has 2 aromatic carbocycles. The van der Waals surface area contributed by atoms with E-state index in [1.54, 1.807) is 12.1 Å². The molecular weight excluding hydrogens is 364 g/mol. The zero-order chi connectivity index (χ0) is 19.3. The summed E-state index contributed by atoms with van der Waals surface area (Å²) in [6.45, 7) is 0.154. The first kappa shape index (κ1) is 19.5. The van der Waals surface area contributed by atoms with E-state index in [9.17, 15) is 13.5 Å². The molecule has 0 bridgehead atoms. The second kappa shape index (κ2) is 8.59. The fourth-order valence-electron chi connectivity index (χ4n) is 3.32. The SMILES string of the molecule is CS(=O)(=O)OCCOc1ccc(C(=C2CCCC2)c2ccc(O)cc2)cc1. The first-order valence-electron chi connectivity index (χ1n) is 9.01. The lowest BCUT2D eigenvalue weighted by Gasteiger charge is -2.14. The Morgan fingerprint density at radius 2 is 1.48 bits per heavy atom. The second-order valence-corrected chi connectivity index (χ2v) is 8.28. The smallest absolute Gasteiger partial charge is 0.264 e. The van der Waals surface area contributed by atoms with Gasteiger partial charge in [0.05, 0.1) is 6.26 Å². The van der Waals surface area contributed by atoms with Crippen LogP contribution in [-0.2, 0) is 14.3 Å². The average Bonchev–Trinajstić information content (AvgIpc) is 3.15. The average molecular weight is 388 g/mol. The maximum Gasteiger partial charge on any atom is 0.264 e. The van der Waals surface area contributed by atoms with Crippen LogP contribution >= 0.6 is 0 Å². The Labute approximate surface area is 160 Å². The van der Waals surface area contributed by atoms with Crippen molar-refractivity contribution in [2.24, 2.45) is 0 Å². The van der Waals surface area contributed by atoms with E-state index in [1.807, 2.05) is 36.4 Å². The zero-order valence-corrected chi connectivity index (χ0v) is 16.2. The summed E-state index contributed by atoms with van der Waals surface area (Å²) in [6.07, 6.45) is 5.62. The van der Waals surface area contributed by atoms with Gasteiger partial charge in [-0.3, -0.25) is 4.18 Å². The minimum atomic E-state index is -3.44. The third-order valence-corrected chi connectivity index (χ3v) is 5.10. The molecule has 5 nitrogen and oxygen atoms in total. The molecule has 0 unspecified atom stereocenters. The maximum absolute atomic E-state index is 10.9. The van der Waals surface area contributed by atoms with Crippen LogP contribution in [0.15, 0.2) is 54.1 Å². The highest BCUT2D eigenvalue weighted by Crippen LogP contribution is 2.36. The van der Waals surface area contributed by atoms with Gasteiger partial charge in [-0.05, 0) is 66.6 Å². The van der Waals surface area contributed by atoms with Crippen molar-refractivity contribution in [1.82, 2.24) is 0 Å². The Kier molecular flexibility index (Phi) is 6.19. The highest BCUT2D eigenvalue weighted by molar-refractivity contribution is 7.85. The summed E-state index contributed by atoms with van der Waals surface area (Å²) in [5.41, 5.74) is 4.87. The molecule has 0 atom stereocenters. The quantitative estimate of drug-likeness (QED) is 0.570. The number of hydrogen-bond acceptors (Lipinski definition) is 5. The normalized spacial score (nSPS) is 14.3. The van der Waals surface area contributed by atoms with Crippen LogP contribution in [0.2, 0.25) is 0 Å². The van der Waals surface area contributed by atoms with Gasteiger partial charge in [0.1, 0.15) is 24.7 Å². The molecule has 0 aromatic heterocycles. The fourth-order valence-corrected chi connectivity index (χ4v) is 3.69. The molecule has 6 heteroatoms. The number of ether oxygens (including phenoxy) is 1. The van der Waals surface area contributed by atoms with Gasteiger partial charge in [0.2, 0.25) is 0 Å². The van der Waals surface area contributed by atoms with Gasteiger partial charge in [-0.2, -0.15) is 8.42 Å².